The van der Waals surface area contributed by atoms with Crippen molar-refractivity contribution in [1.82, 2.24) is 5.32 Å². The van der Waals surface area contributed by atoms with Gasteiger partial charge in [0, 0.05) is 6.54 Å². The molecule has 1 rings (SSSR count). The molecule has 0 unspecified atom stereocenters. The number of alkyl carbamates (subject to hydrolysis) is 1. The van der Waals surface area contributed by atoms with Crippen molar-refractivity contribution in [1.29, 1.82) is 0 Å². The van der Waals surface area contributed by atoms with Gasteiger partial charge in [-0.1, -0.05) is 12.2 Å². The van der Waals surface area contributed by atoms with Gasteiger partial charge in [0.15, 0.2) is 0 Å². The summed E-state index contributed by atoms with van der Waals surface area (Å²) in [5, 5.41) is 11.8. The van der Waals surface area contributed by atoms with Crippen LogP contribution in [0.15, 0.2) is 12.2 Å². The smallest absolute Gasteiger partial charge is 0.407 e. The second kappa shape index (κ2) is 6.29. The minimum Gasteiger partial charge on any atom is -0.481 e. The fourth-order valence-corrected chi connectivity index (χ4v) is 2.44. The lowest BCUT2D eigenvalue weighted by Crippen LogP contribution is -2.42. The molecular weight excluding hydrogens is 258 g/mol. The highest BCUT2D eigenvalue weighted by Crippen LogP contribution is 2.40. The Morgan fingerprint density at radius 1 is 1.35 bits per heavy atom. The minimum atomic E-state index is -0.830. The number of carboxylic acids is 1. The first kappa shape index (κ1) is 16.5. The summed E-state index contributed by atoms with van der Waals surface area (Å²) in [5.41, 5.74) is 0.220. The Kier molecular flexibility index (Phi) is 5.20. The van der Waals surface area contributed by atoms with Gasteiger partial charge in [-0.05, 0) is 51.9 Å². The molecule has 0 spiro atoms. The Morgan fingerprint density at radius 2 is 1.90 bits per heavy atom. The molecule has 0 bridgehead atoms. The predicted molar refractivity (Wildman–Crippen MR) is 76.5 cm³/mol. The van der Waals surface area contributed by atoms with E-state index in [4.69, 9.17) is 9.84 Å². The fraction of sp³-hybridized carbons (Fsp3) is 0.733. The number of allylic oxidation sites excluding steroid dienone is 1. The second-order valence-corrected chi connectivity index (χ2v) is 6.68. The van der Waals surface area contributed by atoms with Crippen LogP contribution in [0, 0.1) is 5.41 Å². The van der Waals surface area contributed by atoms with Crippen molar-refractivity contribution in [3.8, 4) is 0 Å². The van der Waals surface area contributed by atoms with E-state index in [2.05, 4.69) is 11.9 Å². The molecule has 0 heterocycles. The van der Waals surface area contributed by atoms with Gasteiger partial charge in [0.25, 0.3) is 0 Å². The number of carboxylic acid groups (broad SMARTS) is 1. The topological polar surface area (TPSA) is 75.6 Å². The molecule has 2 N–H and O–H groups in total. The van der Waals surface area contributed by atoms with Crippen LogP contribution in [-0.4, -0.2) is 29.3 Å². The molecule has 1 saturated carbocycles. The lowest BCUT2D eigenvalue weighted by Gasteiger charge is -2.37. The molecule has 1 aliphatic rings. The maximum absolute atomic E-state index is 11.7. The molecule has 5 heteroatoms. The molecule has 0 atom stereocenters. The van der Waals surface area contributed by atoms with Crippen molar-refractivity contribution >= 4 is 12.1 Å². The minimum absolute atomic E-state index is 0.0656. The molecule has 0 aliphatic heterocycles. The lowest BCUT2D eigenvalue weighted by atomic mass is 9.70. The van der Waals surface area contributed by atoms with Gasteiger partial charge in [-0.2, -0.15) is 0 Å². The monoisotopic (exact) mass is 283 g/mol. The number of hydrogen-bond acceptors (Lipinski definition) is 3. The molecule has 114 valence electrons. The van der Waals surface area contributed by atoms with Gasteiger partial charge in [0.2, 0.25) is 0 Å². The van der Waals surface area contributed by atoms with E-state index in [0.29, 0.717) is 6.54 Å². The van der Waals surface area contributed by atoms with Crippen LogP contribution in [0.25, 0.3) is 0 Å². The molecule has 0 saturated heterocycles. The summed E-state index contributed by atoms with van der Waals surface area (Å²) < 4.78 is 5.18. The maximum Gasteiger partial charge on any atom is 0.407 e. The zero-order valence-corrected chi connectivity index (χ0v) is 12.6. The molecule has 0 aromatic heterocycles. The number of nitrogens with one attached hydrogen (secondary N) is 1. The molecule has 5 nitrogen and oxygen atoms in total. The number of carbonyl (C=O) groups excluding carboxylic acids is 1. The van der Waals surface area contributed by atoms with Crippen LogP contribution < -0.4 is 5.32 Å². The van der Waals surface area contributed by atoms with Crippen LogP contribution in [0.3, 0.4) is 0 Å². The third-order valence-corrected chi connectivity index (χ3v) is 3.55. The van der Waals surface area contributed by atoms with Crippen molar-refractivity contribution in [3.63, 3.8) is 0 Å². The highest BCUT2D eigenvalue weighted by molar-refractivity contribution is 5.69. The first-order valence-corrected chi connectivity index (χ1v) is 6.97. The zero-order valence-electron chi connectivity index (χ0n) is 12.6. The quantitative estimate of drug-likeness (QED) is 0.777. The number of ether oxygens (including phenoxy) is 1. The molecular formula is C15H25NO4. The van der Waals surface area contributed by atoms with E-state index >= 15 is 0 Å². The van der Waals surface area contributed by atoms with Gasteiger partial charge in [0.05, 0.1) is 6.42 Å². The Bertz CT molecular complexity index is 385. The van der Waals surface area contributed by atoms with Gasteiger partial charge < -0.3 is 15.2 Å². The van der Waals surface area contributed by atoms with Crippen molar-refractivity contribution < 1.29 is 19.4 Å². The Morgan fingerprint density at radius 3 is 2.35 bits per heavy atom. The van der Waals surface area contributed by atoms with Crippen molar-refractivity contribution in [2.75, 3.05) is 6.54 Å². The van der Waals surface area contributed by atoms with E-state index < -0.39 is 17.7 Å². The molecule has 0 aromatic rings. The Hall–Kier alpha value is -1.52. The first-order valence-electron chi connectivity index (χ1n) is 6.97. The maximum atomic E-state index is 11.7. The van der Waals surface area contributed by atoms with E-state index in [1.54, 1.807) is 20.8 Å². The molecule has 0 radical (unpaired) electrons. The third-order valence-electron chi connectivity index (χ3n) is 3.55. The largest absolute Gasteiger partial charge is 0.481 e. The SMILES string of the molecule is C=C1CCC(CNC(=O)OC(C)(C)C)(CC(=O)O)CC1. The Labute approximate surface area is 120 Å². The second-order valence-electron chi connectivity index (χ2n) is 6.68. The summed E-state index contributed by atoms with van der Waals surface area (Å²) in [4.78, 5) is 22.8. The summed E-state index contributed by atoms with van der Waals surface area (Å²) >= 11 is 0. The van der Waals surface area contributed by atoms with Crippen molar-refractivity contribution in [2.45, 2.75) is 58.5 Å². The molecule has 1 aliphatic carbocycles. The average Bonchev–Trinajstić information content (AvgIpc) is 2.28. The Balaban J connectivity index is 2.60. The van der Waals surface area contributed by atoms with Crippen molar-refractivity contribution in [3.05, 3.63) is 12.2 Å². The van der Waals surface area contributed by atoms with Gasteiger partial charge in [-0.3, -0.25) is 4.79 Å². The lowest BCUT2D eigenvalue weighted by molar-refractivity contribution is -0.140. The van der Waals surface area contributed by atoms with Crippen LogP contribution in [0.1, 0.15) is 52.9 Å². The summed E-state index contributed by atoms with van der Waals surface area (Å²) in [5.74, 6) is -0.830. The van der Waals surface area contributed by atoms with Crippen LogP contribution in [-0.2, 0) is 9.53 Å². The van der Waals surface area contributed by atoms with Gasteiger partial charge in [-0.25, -0.2) is 4.79 Å². The molecule has 1 fully saturated rings. The summed E-state index contributed by atoms with van der Waals surface area (Å²) in [6.45, 7) is 9.67. The van der Waals surface area contributed by atoms with Crippen LogP contribution >= 0.6 is 0 Å². The van der Waals surface area contributed by atoms with Gasteiger partial charge >= 0.3 is 12.1 Å². The third kappa shape index (κ3) is 5.63. The van der Waals surface area contributed by atoms with Crippen LogP contribution in [0.4, 0.5) is 4.79 Å². The highest BCUT2D eigenvalue weighted by Gasteiger charge is 2.36. The van der Waals surface area contributed by atoms with Gasteiger partial charge in [-0.15, -0.1) is 0 Å². The fourth-order valence-electron chi connectivity index (χ4n) is 2.44. The van der Waals surface area contributed by atoms with E-state index in [-0.39, 0.29) is 11.8 Å². The standard InChI is InChI=1S/C15H25NO4/c1-11-5-7-15(8-6-11,9-12(17)18)10-16-13(19)20-14(2,3)4/h1,5-10H2,2-4H3,(H,16,19)(H,17,18). The van der Waals surface area contributed by atoms with Gasteiger partial charge in [0.1, 0.15) is 5.60 Å². The zero-order chi connectivity index (χ0) is 15.4. The first-order chi connectivity index (χ1) is 9.12. The van der Waals surface area contributed by atoms with Crippen molar-refractivity contribution in [2.24, 2.45) is 5.41 Å². The molecule has 1 amide bonds. The number of rotatable bonds is 4. The summed E-state index contributed by atoms with van der Waals surface area (Å²) in [6, 6.07) is 0. The number of carbonyl (C=O) groups is 2. The summed E-state index contributed by atoms with van der Waals surface area (Å²) in [6.07, 6.45) is 2.71. The summed E-state index contributed by atoms with van der Waals surface area (Å²) in [7, 11) is 0. The van der Waals surface area contributed by atoms with Crippen LogP contribution in [0.2, 0.25) is 0 Å². The van der Waals surface area contributed by atoms with E-state index in [1.165, 1.54) is 0 Å². The average molecular weight is 283 g/mol. The number of hydrogen-bond donors (Lipinski definition) is 2. The van der Waals surface area contributed by atoms with E-state index in [0.717, 1.165) is 31.3 Å². The van der Waals surface area contributed by atoms with E-state index in [9.17, 15) is 9.59 Å². The number of amides is 1. The number of aliphatic carboxylic acids is 1. The predicted octanol–water partition coefficient (Wildman–Crippen LogP) is 3.10. The van der Waals surface area contributed by atoms with E-state index in [1.807, 2.05) is 0 Å². The molecule has 20 heavy (non-hydrogen) atoms. The normalized spacial score (nSPS) is 18.4. The van der Waals surface area contributed by atoms with Crippen LogP contribution in [0.5, 0.6) is 0 Å². The molecule has 0 aromatic carbocycles. The highest BCUT2D eigenvalue weighted by atomic mass is 16.6.